The maximum absolute atomic E-state index is 5.96. The van der Waals surface area contributed by atoms with E-state index in [9.17, 15) is 0 Å². The molecule has 0 aliphatic carbocycles. The van der Waals surface area contributed by atoms with Crippen LogP contribution in [0, 0.1) is 5.92 Å². The van der Waals surface area contributed by atoms with Crippen LogP contribution in [0.2, 0.25) is 0 Å². The monoisotopic (exact) mass is 261 g/mol. The Hall–Kier alpha value is 0.140. The Morgan fingerprint density at radius 2 is 2.31 bits per heavy atom. The van der Waals surface area contributed by atoms with Crippen molar-refractivity contribution in [1.82, 2.24) is 0 Å². The molecule has 0 radical (unpaired) electrons. The van der Waals surface area contributed by atoms with Gasteiger partial charge in [-0.25, -0.2) is 0 Å². The van der Waals surface area contributed by atoms with Gasteiger partial charge in [0.1, 0.15) is 0 Å². The highest BCUT2D eigenvalue weighted by molar-refractivity contribution is 9.10. The van der Waals surface area contributed by atoms with Gasteiger partial charge in [-0.15, -0.1) is 11.3 Å². The zero-order valence-corrected chi connectivity index (χ0v) is 10.5. The first-order valence-corrected chi connectivity index (χ1v) is 6.29. The first kappa shape index (κ1) is 11.2. The summed E-state index contributed by atoms with van der Waals surface area (Å²) < 4.78 is 1.18. The zero-order chi connectivity index (χ0) is 9.84. The molecule has 0 spiro atoms. The van der Waals surface area contributed by atoms with Gasteiger partial charge in [0, 0.05) is 20.8 Å². The van der Waals surface area contributed by atoms with Gasteiger partial charge in [-0.1, -0.05) is 13.8 Å². The van der Waals surface area contributed by atoms with Crippen molar-refractivity contribution in [1.29, 1.82) is 0 Å². The molecule has 2 atom stereocenters. The summed E-state index contributed by atoms with van der Waals surface area (Å²) >= 11 is 5.26. The molecule has 1 rings (SSSR count). The molecule has 3 heteroatoms. The molecule has 1 aromatic heterocycles. The molecule has 0 aromatic carbocycles. The van der Waals surface area contributed by atoms with Gasteiger partial charge in [0.2, 0.25) is 0 Å². The van der Waals surface area contributed by atoms with Crippen molar-refractivity contribution >= 4 is 27.3 Å². The number of rotatable bonds is 4. The minimum Gasteiger partial charge on any atom is -0.327 e. The van der Waals surface area contributed by atoms with Gasteiger partial charge in [-0.2, -0.15) is 0 Å². The van der Waals surface area contributed by atoms with E-state index in [4.69, 9.17) is 5.73 Å². The normalized spacial score (nSPS) is 15.7. The molecule has 0 aliphatic rings. The van der Waals surface area contributed by atoms with E-state index < -0.39 is 0 Å². The molecule has 0 saturated carbocycles. The zero-order valence-electron chi connectivity index (χ0n) is 8.09. The molecule has 2 N–H and O–H groups in total. The highest BCUT2D eigenvalue weighted by Gasteiger charge is 2.12. The van der Waals surface area contributed by atoms with Gasteiger partial charge < -0.3 is 5.73 Å². The van der Waals surface area contributed by atoms with E-state index in [0.29, 0.717) is 12.0 Å². The second kappa shape index (κ2) is 5.13. The van der Waals surface area contributed by atoms with Gasteiger partial charge in [-0.3, -0.25) is 0 Å². The Kier molecular flexibility index (Phi) is 4.42. The van der Waals surface area contributed by atoms with Crippen molar-refractivity contribution < 1.29 is 0 Å². The summed E-state index contributed by atoms with van der Waals surface area (Å²) in [5.74, 6) is 0.579. The van der Waals surface area contributed by atoms with E-state index in [1.807, 2.05) is 0 Å². The third-order valence-electron chi connectivity index (χ3n) is 2.35. The first-order valence-electron chi connectivity index (χ1n) is 4.62. The molecule has 1 heterocycles. The summed E-state index contributed by atoms with van der Waals surface area (Å²) in [5.41, 5.74) is 5.96. The fourth-order valence-electron chi connectivity index (χ4n) is 1.33. The van der Waals surface area contributed by atoms with Crippen LogP contribution in [0.5, 0.6) is 0 Å². The van der Waals surface area contributed by atoms with Crippen LogP contribution in [0.4, 0.5) is 0 Å². The van der Waals surface area contributed by atoms with Crippen LogP contribution in [0.1, 0.15) is 25.1 Å². The summed E-state index contributed by atoms with van der Waals surface area (Å²) in [6, 6.07) is 2.52. The molecule has 1 nitrogen and oxygen atoms in total. The minimum atomic E-state index is 0.334. The molecule has 2 unspecified atom stereocenters. The Bertz CT molecular complexity index is 259. The predicted molar refractivity (Wildman–Crippen MR) is 63.2 cm³/mol. The van der Waals surface area contributed by atoms with Crippen LogP contribution in [0.25, 0.3) is 0 Å². The van der Waals surface area contributed by atoms with Crippen molar-refractivity contribution in [2.45, 2.75) is 32.7 Å². The molecule has 74 valence electrons. The quantitative estimate of drug-likeness (QED) is 0.883. The lowest BCUT2D eigenvalue weighted by molar-refractivity contribution is 0.445. The van der Waals surface area contributed by atoms with E-state index >= 15 is 0 Å². The van der Waals surface area contributed by atoms with E-state index in [0.717, 1.165) is 12.8 Å². The molecular formula is C10H16BrNS. The van der Waals surface area contributed by atoms with Crippen molar-refractivity contribution in [3.63, 3.8) is 0 Å². The van der Waals surface area contributed by atoms with Crippen LogP contribution in [0.15, 0.2) is 15.9 Å². The summed E-state index contributed by atoms with van der Waals surface area (Å²) in [4.78, 5) is 1.42. The Balaban J connectivity index is 2.49. The van der Waals surface area contributed by atoms with Crippen molar-refractivity contribution in [3.05, 3.63) is 20.8 Å². The maximum atomic E-state index is 5.96. The fraction of sp³-hybridized carbons (Fsp3) is 0.600. The second-order valence-corrected chi connectivity index (χ2v) is 5.40. The van der Waals surface area contributed by atoms with Crippen LogP contribution in [-0.2, 0) is 6.42 Å². The van der Waals surface area contributed by atoms with Gasteiger partial charge in [-0.05, 0) is 40.8 Å². The number of nitrogens with two attached hydrogens (primary N) is 1. The molecule has 1 aromatic rings. The smallest absolute Gasteiger partial charge is 0.0285 e. The van der Waals surface area contributed by atoms with E-state index in [2.05, 4.69) is 41.2 Å². The lowest BCUT2D eigenvalue weighted by Crippen LogP contribution is -2.28. The van der Waals surface area contributed by atoms with Gasteiger partial charge >= 0.3 is 0 Å². The largest absolute Gasteiger partial charge is 0.327 e. The molecule has 0 saturated heterocycles. The summed E-state index contributed by atoms with van der Waals surface area (Å²) in [5, 5.41) is 2.12. The van der Waals surface area contributed by atoms with Crippen molar-refractivity contribution in [3.8, 4) is 0 Å². The minimum absolute atomic E-state index is 0.334. The lowest BCUT2D eigenvalue weighted by atomic mass is 9.96. The van der Waals surface area contributed by atoms with Crippen molar-refractivity contribution in [2.24, 2.45) is 11.7 Å². The first-order chi connectivity index (χ1) is 6.13. The summed E-state index contributed by atoms with van der Waals surface area (Å²) in [6.45, 7) is 4.37. The van der Waals surface area contributed by atoms with Gasteiger partial charge in [0.25, 0.3) is 0 Å². The van der Waals surface area contributed by atoms with Gasteiger partial charge in [0.15, 0.2) is 0 Å². The third-order valence-corrected chi connectivity index (χ3v) is 4.07. The van der Waals surface area contributed by atoms with Crippen LogP contribution >= 0.6 is 27.3 Å². The highest BCUT2D eigenvalue weighted by Crippen LogP contribution is 2.23. The van der Waals surface area contributed by atoms with Crippen molar-refractivity contribution in [2.75, 3.05) is 0 Å². The number of hydrogen-bond acceptors (Lipinski definition) is 2. The molecule has 0 amide bonds. The molecule has 0 fully saturated rings. The Morgan fingerprint density at radius 1 is 1.62 bits per heavy atom. The molecule has 0 aliphatic heterocycles. The summed E-state index contributed by atoms with van der Waals surface area (Å²) in [6.07, 6.45) is 2.17. The van der Waals surface area contributed by atoms with E-state index in [1.54, 1.807) is 11.3 Å². The van der Waals surface area contributed by atoms with E-state index in [1.165, 1.54) is 9.35 Å². The average Bonchev–Trinajstić information content (AvgIpc) is 2.49. The van der Waals surface area contributed by atoms with Gasteiger partial charge in [0.05, 0.1) is 0 Å². The Labute approximate surface area is 92.5 Å². The third kappa shape index (κ3) is 3.41. The molecule has 0 bridgehead atoms. The van der Waals surface area contributed by atoms with Crippen LogP contribution in [-0.4, -0.2) is 6.04 Å². The topological polar surface area (TPSA) is 26.0 Å². The molecular weight excluding hydrogens is 246 g/mol. The lowest BCUT2D eigenvalue weighted by Gasteiger charge is -2.16. The fourth-order valence-corrected chi connectivity index (χ4v) is 2.93. The van der Waals surface area contributed by atoms with E-state index in [-0.39, 0.29) is 0 Å². The number of halogens is 1. The van der Waals surface area contributed by atoms with Crippen LogP contribution < -0.4 is 5.73 Å². The number of thiophene rings is 1. The predicted octanol–water partition coefficient (Wildman–Crippen LogP) is 3.43. The summed E-state index contributed by atoms with van der Waals surface area (Å²) in [7, 11) is 0. The Morgan fingerprint density at radius 3 is 2.77 bits per heavy atom. The second-order valence-electron chi connectivity index (χ2n) is 3.48. The standard InChI is InChI=1S/C10H16BrNS/c1-3-10(12)7(2)4-9-5-8(11)6-13-9/h5-7,10H,3-4,12H2,1-2H3. The SMILES string of the molecule is CCC(N)C(C)Cc1cc(Br)cs1. The number of hydrogen-bond donors (Lipinski definition) is 1. The van der Waals surface area contributed by atoms with Crippen LogP contribution in [0.3, 0.4) is 0 Å². The average molecular weight is 262 g/mol. The highest BCUT2D eigenvalue weighted by atomic mass is 79.9. The molecule has 13 heavy (non-hydrogen) atoms. The maximum Gasteiger partial charge on any atom is 0.0285 e.